The van der Waals surface area contributed by atoms with E-state index >= 15 is 0 Å². The lowest BCUT2D eigenvalue weighted by Crippen LogP contribution is -2.53. The van der Waals surface area contributed by atoms with Crippen LogP contribution in [0.15, 0.2) is 61.2 Å². The Labute approximate surface area is 167 Å². The molecule has 0 saturated carbocycles. The minimum atomic E-state index is -4.40. The normalized spacial score (nSPS) is 16.3. The van der Waals surface area contributed by atoms with Crippen LogP contribution in [0, 0.1) is 0 Å². The number of benzene rings is 2. The molecule has 2 aromatic carbocycles. The van der Waals surface area contributed by atoms with Gasteiger partial charge in [-0.2, -0.15) is 13.2 Å². The molecule has 3 rings (SSSR count). The molecule has 1 aliphatic heterocycles. The highest BCUT2D eigenvalue weighted by Crippen LogP contribution is 2.40. The molecule has 1 unspecified atom stereocenters. The van der Waals surface area contributed by atoms with E-state index in [9.17, 15) is 23.1 Å². The van der Waals surface area contributed by atoms with Gasteiger partial charge in [0, 0.05) is 25.3 Å². The van der Waals surface area contributed by atoms with Crippen molar-refractivity contribution in [1.29, 1.82) is 0 Å². The lowest BCUT2D eigenvalue weighted by Gasteiger charge is -2.44. The minimum absolute atomic E-state index is 0.0689. The number of hydrogen-bond acceptors (Lipinski definition) is 4. The number of anilines is 3. The Hall–Kier alpha value is -3.00. The van der Waals surface area contributed by atoms with E-state index in [1.807, 2.05) is 34.1 Å². The van der Waals surface area contributed by atoms with Gasteiger partial charge in [-0.3, -0.25) is 4.79 Å². The van der Waals surface area contributed by atoms with E-state index in [0.717, 1.165) is 23.5 Å². The smallest absolute Gasteiger partial charge is 0.395 e. The molecule has 1 amide bonds. The molecule has 0 radical (unpaired) electrons. The maximum atomic E-state index is 12.9. The third kappa shape index (κ3) is 4.54. The molecule has 0 bridgehead atoms. The van der Waals surface area contributed by atoms with E-state index in [1.54, 1.807) is 0 Å². The number of β-amino-alcohol motifs (C(OH)–C–C–N with tert-alkyl or cyclic N) is 1. The second-order valence-electron chi connectivity index (χ2n) is 6.66. The van der Waals surface area contributed by atoms with E-state index in [-0.39, 0.29) is 18.6 Å². The zero-order valence-corrected chi connectivity index (χ0v) is 15.7. The molecule has 5 nitrogen and oxygen atoms in total. The van der Waals surface area contributed by atoms with Crippen LogP contribution in [0.2, 0.25) is 0 Å². The Bertz CT molecular complexity index is 868. The van der Waals surface area contributed by atoms with Gasteiger partial charge < -0.3 is 20.2 Å². The van der Waals surface area contributed by atoms with Crippen LogP contribution in [0.3, 0.4) is 0 Å². The molecule has 29 heavy (non-hydrogen) atoms. The fourth-order valence-corrected chi connectivity index (χ4v) is 3.49. The maximum Gasteiger partial charge on any atom is 0.416 e. The fraction of sp³-hybridized carbons (Fsp3) is 0.286. The van der Waals surface area contributed by atoms with Gasteiger partial charge in [0.1, 0.15) is 0 Å². The number of rotatable bonds is 6. The minimum Gasteiger partial charge on any atom is -0.395 e. The van der Waals surface area contributed by atoms with Crippen molar-refractivity contribution in [3.8, 4) is 0 Å². The Morgan fingerprint density at radius 2 is 1.83 bits per heavy atom. The van der Waals surface area contributed by atoms with Crippen LogP contribution in [0.25, 0.3) is 0 Å². The molecule has 0 spiro atoms. The molecule has 1 aliphatic rings. The summed E-state index contributed by atoms with van der Waals surface area (Å²) in [5, 5.41) is 12.3. The monoisotopic (exact) mass is 405 g/mol. The second-order valence-corrected chi connectivity index (χ2v) is 6.66. The molecular weight excluding hydrogens is 383 g/mol. The number of para-hydroxylation sites is 2. The van der Waals surface area contributed by atoms with E-state index in [1.165, 1.54) is 18.2 Å². The van der Waals surface area contributed by atoms with Crippen molar-refractivity contribution < 1.29 is 23.1 Å². The highest BCUT2D eigenvalue weighted by Gasteiger charge is 2.33. The number of hydrogen-bond donors (Lipinski definition) is 2. The van der Waals surface area contributed by atoms with Crippen LogP contribution in [0.1, 0.15) is 5.56 Å². The van der Waals surface area contributed by atoms with E-state index < -0.39 is 11.7 Å². The number of amides is 1. The van der Waals surface area contributed by atoms with Gasteiger partial charge in [-0.05, 0) is 42.5 Å². The number of aliphatic hydroxyl groups excluding tert-OH is 1. The lowest BCUT2D eigenvalue weighted by atomic mass is 10.0. The largest absolute Gasteiger partial charge is 0.416 e. The average molecular weight is 405 g/mol. The van der Waals surface area contributed by atoms with Gasteiger partial charge in [0.25, 0.3) is 0 Å². The second kappa shape index (κ2) is 8.57. The summed E-state index contributed by atoms with van der Waals surface area (Å²) in [5.74, 6) is -0.311. The molecular formula is C21H22F3N3O2. The van der Waals surface area contributed by atoms with Gasteiger partial charge >= 0.3 is 6.18 Å². The first-order chi connectivity index (χ1) is 13.8. The van der Waals surface area contributed by atoms with Crippen molar-refractivity contribution in [2.45, 2.75) is 12.2 Å². The van der Waals surface area contributed by atoms with Crippen molar-refractivity contribution in [1.82, 2.24) is 5.32 Å². The standard InChI is InChI=1S/C21H22F3N3O2/c1-2-20(29)25-13-17-14-27(16-9-7-15(8-10-16)21(22,23)24)19-6-4-3-5-18(19)26(17)11-12-28/h2-10,17,28H,1,11-14H2,(H,25,29). The topological polar surface area (TPSA) is 55.8 Å². The number of carbonyl (C=O) groups is 1. The first-order valence-electron chi connectivity index (χ1n) is 9.16. The number of fused-ring (bicyclic) bond motifs is 1. The zero-order chi connectivity index (χ0) is 21.0. The predicted octanol–water partition coefficient (Wildman–Crippen LogP) is 3.33. The van der Waals surface area contributed by atoms with Gasteiger partial charge in [-0.1, -0.05) is 18.7 Å². The molecule has 154 valence electrons. The summed E-state index contributed by atoms with van der Waals surface area (Å²) in [6.07, 6.45) is -3.21. The third-order valence-corrected chi connectivity index (χ3v) is 4.86. The van der Waals surface area contributed by atoms with Gasteiger partial charge in [-0.25, -0.2) is 0 Å². The summed E-state index contributed by atoms with van der Waals surface area (Å²) >= 11 is 0. The molecule has 0 aliphatic carbocycles. The third-order valence-electron chi connectivity index (χ3n) is 4.86. The molecule has 1 atom stereocenters. The number of nitrogens with zero attached hydrogens (tertiary/aromatic N) is 2. The Balaban J connectivity index is 1.96. The highest BCUT2D eigenvalue weighted by atomic mass is 19.4. The summed E-state index contributed by atoms with van der Waals surface area (Å²) in [7, 11) is 0. The van der Waals surface area contributed by atoms with Crippen LogP contribution in [-0.4, -0.2) is 43.3 Å². The van der Waals surface area contributed by atoms with Crippen molar-refractivity contribution in [3.63, 3.8) is 0 Å². The average Bonchev–Trinajstić information content (AvgIpc) is 2.72. The summed E-state index contributed by atoms with van der Waals surface area (Å²) in [5.41, 5.74) is 1.58. The number of nitrogens with one attached hydrogen (secondary N) is 1. The van der Waals surface area contributed by atoms with Crippen molar-refractivity contribution >= 4 is 23.0 Å². The van der Waals surface area contributed by atoms with Crippen LogP contribution >= 0.6 is 0 Å². The first kappa shape index (κ1) is 20.7. The van der Waals surface area contributed by atoms with Crippen LogP contribution in [0.4, 0.5) is 30.2 Å². The number of halogens is 3. The lowest BCUT2D eigenvalue weighted by molar-refractivity contribution is -0.137. The Morgan fingerprint density at radius 1 is 1.17 bits per heavy atom. The Kier molecular flexibility index (Phi) is 6.12. The number of alkyl halides is 3. The van der Waals surface area contributed by atoms with Crippen molar-refractivity contribution in [3.05, 3.63) is 66.7 Å². The summed E-state index contributed by atoms with van der Waals surface area (Å²) in [6, 6.07) is 12.3. The van der Waals surface area contributed by atoms with Crippen LogP contribution < -0.4 is 15.1 Å². The molecule has 2 aromatic rings. The molecule has 8 heteroatoms. The van der Waals surface area contributed by atoms with Crippen molar-refractivity contribution in [2.75, 3.05) is 36.0 Å². The fourth-order valence-electron chi connectivity index (χ4n) is 3.49. The quantitative estimate of drug-likeness (QED) is 0.724. The highest BCUT2D eigenvalue weighted by molar-refractivity contribution is 5.87. The number of aliphatic hydroxyl groups is 1. The van der Waals surface area contributed by atoms with Gasteiger partial charge in [-0.15, -0.1) is 0 Å². The molecule has 0 fully saturated rings. The van der Waals surface area contributed by atoms with E-state index in [4.69, 9.17) is 0 Å². The predicted molar refractivity (Wildman–Crippen MR) is 106 cm³/mol. The zero-order valence-electron chi connectivity index (χ0n) is 15.7. The summed E-state index contributed by atoms with van der Waals surface area (Å²) in [4.78, 5) is 15.6. The molecule has 0 saturated heterocycles. The van der Waals surface area contributed by atoms with Gasteiger partial charge in [0.05, 0.1) is 29.6 Å². The SMILES string of the molecule is C=CC(=O)NCC1CN(c2ccc(C(F)(F)F)cc2)c2ccccc2N1CCO. The maximum absolute atomic E-state index is 12.9. The van der Waals surface area contributed by atoms with Crippen LogP contribution in [0.5, 0.6) is 0 Å². The van der Waals surface area contributed by atoms with Gasteiger partial charge in [0.15, 0.2) is 0 Å². The summed E-state index contributed by atoms with van der Waals surface area (Å²) in [6.45, 7) is 4.47. The van der Waals surface area contributed by atoms with Crippen molar-refractivity contribution in [2.24, 2.45) is 0 Å². The molecule has 1 heterocycles. The number of carbonyl (C=O) groups excluding carboxylic acids is 1. The first-order valence-corrected chi connectivity index (χ1v) is 9.16. The summed E-state index contributed by atoms with van der Waals surface area (Å²) < 4.78 is 38.7. The van der Waals surface area contributed by atoms with Crippen LogP contribution in [-0.2, 0) is 11.0 Å². The molecule has 0 aromatic heterocycles. The molecule has 2 N–H and O–H groups in total. The van der Waals surface area contributed by atoms with E-state index in [2.05, 4.69) is 11.9 Å². The Morgan fingerprint density at radius 3 is 2.41 bits per heavy atom. The van der Waals surface area contributed by atoms with Gasteiger partial charge in [0.2, 0.25) is 5.91 Å². The van der Waals surface area contributed by atoms with E-state index in [0.29, 0.717) is 25.3 Å².